The Morgan fingerprint density at radius 3 is 1.17 bits per heavy atom. The van der Waals surface area contributed by atoms with Crippen LogP contribution in [0.3, 0.4) is 0 Å². The van der Waals surface area contributed by atoms with E-state index < -0.39 is 24.0 Å². The van der Waals surface area contributed by atoms with Gasteiger partial charge in [0.15, 0.2) is 11.9 Å². The van der Waals surface area contributed by atoms with Gasteiger partial charge in [-0.05, 0) is 108 Å². The fourth-order valence-electron chi connectivity index (χ4n) is 9.44. The molecule has 10 N–H and O–H groups in total. The normalized spacial score (nSPS) is 11.8. The van der Waals surface area contributed by atoms with Gasteiger partial charge in [-0.25, -0.2) is 9.59 Å². The number of guanidine groups is 2. The Bertz CT molecular complexity index is 3190. The Kier molecular flexibility index (Phi) is 19.5. The Morgan fingerprint density at radius 2 is 0.769 bits per heavy atom. The highest BCUT2D eigenvalue weighted by Crippen LogP contribution is 2.45. The van der Waals surface area contributed by atoms with Gasteiger partial charge < -0.3 is 51.7 Å². The smallest absolute Gasteiger partial charge is 0.334 e. The first-order chi connectivity index (χ1) is 38.0. The molecule has 16 nitrogen and oxygen atoms in total. The number of benzene rings is 8. The van der Waals surface area contributed by atoms with Gasteiger partial charge in [0.25, 0.3) is 0 Å². The second-order valence-corrected chi connectivity index (χ2v) is 18.9. The van der Waals surface area contributed by atoms with E-state index in [0.29, 0.717) is 87.5 Å². The third-order valence-corrected chi connectivity index (χ3v) is 13.3. The number of esters is 2. The number of nitrogens with one attached hydrogen (secondary N) is 6. The van der Waals surface area contributed by atoms with E-state index in [-0.39, 0.29) is 49.8 Å². The SMILES string of the molecule is N=C(N)NCCCC[C@@H](NC(=O)CCCOc1ccc2ccccc2c1-c1c(OCCCC(=O)N[C@H](CCCCNC(=N)N)C(=O)Oc2cccc3ccccc23)ccc2ccccc12)C(=O)Oc1cccc2ccccc12. The second-order valence-electron chi connectivity index (χ2n) is 18.9. The van der Waals surface area contributed by atoms with Crippen molar-refractivity contribution >= 4 is 78.8 Å². The summed E-state index contributed by atoms with van der Waals surface area (Å²) in [6.07, 6.45) is 3.84. The van der Waals surface area contributed by atoms with Crippen molar-refractivity contribution in [1.29, 1.82) is 10.8 Å². The highest BCUT2D eigenvalue weighted by molar-refractivity contribution is 6.10. The van der Waals surface area contributed by atoms with Gasteiger partial charge in [0.05, 0.1) is 13.2 Å². The van der Waals surface area contributed by atoms with Crippen molar-refractivity contribution in [3.8, 4) is 34.1 Å². The van der Waals surface area contributed by atoms with E-state index in [1.54, 1.807) is 12.1 Å². The van der Waals surface area contributed by atoms with Crippen LogP contribution < -0.4 is 51.7 Å². The van der Waals surface area contributed by atoms with Crippen LogP contribution in [-0.2, 0) is 19.2 Å². The van der Waals surface area contributed by atoms with Crippen LogP contribution in [0.2, 0.25) is 0 Å². The van der Waals surface area contributed by atoms with Crippen LogP contribution in [-0.4, -0.2) is 74.1 Å². The first kappa shape index (κ1) is 55.1. The fourth-order valence-corrected chi connectivity index (χ4v) is 9.44. The molecule has 0 radical (unpaired) electrons. The van der Waals surface area contributed by atoms with E-state index in [0.717, 1.165) is 54.2 Å². The summed E-state index contributed by atoms with van der Waals surface area (Å²) in [4.78, 5) is 54.6. The number of hydrogen-bond donors (Lipinski definition) is 8. The summed E-state index contributed by atoms with van der Waals surface area (Å²) in [7, 11) is 0. The largest absolute Gasteiger partial charge is 0.493 e. The predicted molar refractivity (Wildman–Crippen MR) is 307 cm³/mol. The maximum Gasteiger partial charge on any atom is 0.334 e. The predicted octanol–water partition coefficient (Wildman–Crippen LogP) is 9.77. The average molecular weight is 1050 g/mol. The number of nitrogens with two attached hydrogens (primary N) is 2. The molecule has 0 heterocycles. The minimum absolute atomic E-state index is 0.0772. The summed E-state index contributed by atoms with van der Waals surface area (Å²) in [6.45, 7) is 1.27. The molecule has 0 saturated carbocycles. The van der Waals surface area contributed by atoms with Crippen LogP contribution in [0.25, 0.3) is 54.2 Å². The zero-order valence-electron chi connectivity index (χ0n) is 43.5. The summed E-state index contributed by atoms with van der Waals surface area (Å²) in [5, 5.41) is 33.5. The molecule has 0 unspecified atom stereocenters. The van der Waals surface area contributed by atoms with Crippen molar-refractivity contribution in [3.05, 3.63) is 158 Å². The Hall–Kier alpha value is -9.18. The maximum atomic E-state index is 13.7. The third kappa shape index (κ3) is 15.0. The molecule has 0 aliphatic carbocycles. The van der Waals surface area contributed by atoms with Gasteiger partial charge in [-0.2, -0.15) is 0 Å². The van der Waals surface area contributed by atoms with E-state index in [1.807, 2.05) is 146 Å². The molecule has 0 fully saturated rings. The summed E-state index contributed by atoms with van der Waals surface area (Å²) in [5.41, 5.74) is 12.5. The van der Waals surface area contributed by atoms with E-state index in [9.17, 15) is 19.2 Å². The molecule has 2 amide bonds. The standard InChI is InChI=1S/C62H66N8O8/c63-61(64)67-37-11-9-27-49(59(73)77-51-29-13-21-41-17-1-5-23-45(41)51)69-55(71)31-15-39-75-53-35-33-43-19-3-7-25-47(43)57(53)58-48-26-8-4-20-44(48)34-36-54(58)76-40-16-32-56(72)70-50(28-10-12-38-68-62(65)66)60(74)78-52-30-14-22-42-18-2-6-24-46(42)52/h1-8,13-14,17-26,29-30,33-36,49-50H,9-12,15-16,27-28,31-32,37-40H2,(H,69,71)(H,70,72)(H4,63,64,67)(H4,65,66,68)/t49-,50-/m1/s1. The molecule has 402 valence electrons. The van der Waals surface area contributed by atoms with E-state index >= 15 is 0 Å². The number of rotatable bonds is 27. The van der Waals surface area contributed by atoms with E-state index in [1.165, 1.54) is 0 Å². The highest BCUT2D eigenvalue weighted by atomic mass is 16.5. The molecule has 0 saturated heterocycles. The topological polar surface area (TPSA) is 253 Å². The van der Waals surface area contributed by atoms with E-state index in [2.05, 4.69) is 21.3 Å². The molecule has 0 bridgehead atoms. The number of hydrogen-bond acceptors (Lipinski definition) is 10. The van der Waals surface area contributed by atoms with Gasteiger partial charge in [-0.1, -0.05) is 133 Å². The molecule has 8 aromatic rings. The maximum absolute atomic E-state index is 13.7. The number of ether oxygens (including phenoxy) is 4. The minimum Gasteiger partial charge on any atom is -0.493 e. The van der Waals surface area contributed by atoms with Gasteiger partial charge in [0.2, 0.25) is 11.8 Å². The molecular formula is C62H66N8O8. The number of amides is 2. The lowest BCUT2D eigenvalue weighted by Crippen LogP contribution is -2.43. The van der Waals surface area contributed by atoms with Gasteiger partial charge in [0.1, 0.15) is 35.1 Å². The molecule has 0 aliphatic rings. The molecule has 16 heteroatoms. The molecule has 0 spiro atoms. The van der Waals surface area contributed by atoms with Crippen molar-refractivity contribution in [1.82, 2.24) is 21.3 Å². The van der Waals surface area contributed by atoms with Crippen LogP contribution >= 0.6 is 0 Å². The summed E-state index contributed by atoms with van der Waals surface area (Å²) in [5.74, 6) is -0.0754. The summed E-state index contributed by atoms with van der Waals surface area (Å²) >= 11 is 0. The first-order valence-corrected chi connectivity index (χ1v) is 26.5. The first-order valence-electron chi connectivity index (χ1n) is 26.5. The van der Waals surface area contributed by atoms with Gasteiger partial charge >= 0.3 is 11.9 Å². The van der Waals surface area contributed by atoms with Crippen molar-refractivity contribution in [2.45, 2.75) is 76.3 Å². The summed E-state index contributed by atoms with van der Waals surface area (Å²) in [6, 6.07) is 48.3. The van der Waals surface area contributed by atoms with E-state index in [4.69, 9.17) is 41.2 Å². The van der Waals surface area contributed by atoms with Crippen molar-refractivity contribution in [2.75, 3.05) is 26.3 Å². The van der Waals surface area contributed by atoms with Crippen LogP contribution in [0.1, 0.15) is 64.2 Å². The van der Waals surface area contributed by atoms with Gasteiger partial charge in [-0.3, -0.25) is 20.4 Å². The Labute approximate surface area is 453 Å². The van der Waals surface area contributed by atoms with Crippen LogP contribution in [0.5, 0.6) is 23.0 Å². The van der Waals surface area contributed by atoms with Crippen LogP contribution in [0.4, 0.5) is 0 Å². The lowest BCUT2D eigenvalue weighted by Gasteiger charge is -2.20. The molecule has 0 aromatic heterocycles. The minimum atomic E-state index is -0.916. The lowest BCUT2D eigenvalue weighted by molar-refractivity contribution is -0.139. The van der Waals surface area contributed by atoms with Crippen molar-refractivity contribution in [2.24, 2.45) is 11.5 Å². The zero-order valence-corrected chi connectivity index (χ0v) is 43.5. The van der Waals surface area contributed by atoms with Crippen molar-refractivity contribution in [3.63, 3.8) is 0 Å². The number of carbonyl (C=O) groups is 4. The molecule has 8 rings (SSSR count). The number of carbonyl (C=O) groups excluding carboxylic acids is 4. The Morgan fingerprint density at radius 1 is 0.410 bits per heavy atom. The Balaban J connectivity index is 0.932. The second kappa shape index (κ2) is 27.6. The highest BCUT2D eigenvalue weighted by Gasteiger charge is 2.26. The quantitative estimate of drug-likeness (QED) is 0.00788. The fraction of sp³-hybridized carbons (Fsp3) is 0.258. The molecule has 2 atom stereocenters. The molecular weight excluding hydrogens is 985 g/mol. The third-order valence-electron chi connectivity index (χ3n) is 13.3. The molecule has 8 aromatic carbocycles. The lowest BCUT2D eigenvalue weighted by atomic mass is 9.92. The monoisotopic (exact) mass is 1050 g/mol. The van der Waals surface area contributed by atoms with Crippen LogP contribution in [0, 0.1) is 10.8 Å². The molecule has 0 aliphatic heterocycles. The van der Waals surface area contributed by atoms with Crippen LogP contribution in [0.15, 0.2) is 158 Å². The van der Waals surface area contributed by atoms with Crippen molar-refractivity contribution < 1.29 is 38.1 Å². The van der Waals surface area contributed by atoms with Gasteiger partial charge in [-0.15, -0.1) is 0 Å². The summed E-state index contributed by atoms with van der Waals surface area (Å²) < 4.78 is 25.0. The number of fused-ring (bicyclic) bond motifs is 4. The number of unbranched alkanes of at least 4 members (excludes halogenated alkanes) is 2. The average Bonchev–Trinajstić information content (AvgIpc) is 3.57. The van der Waals surface area contributed by atoms with Gasteiger partial charge in [0, 0.05) is 47.8 Å². The zero-order chi connectivity index (χ0) is 54.6. The molecule has 78 heavy (non-hydrogen) atoms.